The summed E-state index contributed by atoms with van der Waals surface area (Å²) in [6.45, 7) is 0.290. The van der Waals surface area contributed by atoms with Crippen molar-refractivity contribution in [1.29, 1.82) is 5.26 Å². The van der Waals surface area contributed by atoms with Gasteiger partial charge in [-0.1, -0.05) is 23.7 Å². The van der Waals surface area contributed by atoms with Crippen LogP contribution in [0.15, 0.2) is 70.7 Å². The van der Waals surface area contributed by atoms with Gasteiger partial charge in [-0.15, -0.1) is 0 Å². The summed E-state index contributed by atoms with van der Waals surface area (Å²) in [6, 6.07) is 19.6. The second kappa shape index (κ2) is 11.4. The third kappa shape index (κ3) is 6.51. The number of ether oxygens (including phenoxy) is 3. The molecule has 0 aliphatic heterocycles. The Labute approximate surface area is 205 Å². The number of nitrogens with zero attached hydrogens (tertiary/aromatic N) is 1. The minimum Gasteiger partial charge on any atom is -0.497 e. The molecule has 0 atom stereocenters. The Kier molecular flexibility index (Phi) is 8.36. The summed E-state index contributed by atoms with van der Waals surface area (Å²) in [5.74, 6) is 1.08. The topological polar surface area (TPSA) is 80.6 Å². The van der Waals surface area contributed by atoms with E-state index in [2.05, 4.69) is 21.2 Å². The maximum Gasteiger partial charge on any atom is 0.266 e. The summed E-state index contributed by atoms with van der Waals surface area (Å²) < 4.78 is 17.1. The van der Waals surface area contributed by atoms with E-state index in [1.807, 2.05) is 24.3 Å². The lowest BCUT2D eigenvalue weighted by molar-refractivity contribution is -0.112. The molecule has 0 aliphatic carbocycles. The quantitative estimate of drug-likeness (QED) is 0.277. The van der Waals surface area contributed by atoms with Crippen molar-refractivity contribution >= 4 is 45.2 Å². The molecule has 1 N–H and O–H groups in total. The van der Waals surface area contributed by atoms with Gasteiger partial charge in [-0.3, -0.25) is 4.79 Å². The number of carbonyl (C=O) groups is 1. The van der Waals surface area contributed by atoms with Crippen LogP contribution >= 0.6 is 27.5 Å². The van der Waals surface area contributed by atoms with Crippen LogP contribution < -0.4 is 19.5 Å². The number of hydrogen-bond acceptors (Lipinski definition) is 5. The molecule has 0 radical (unpaired) electrons. The van der Waals surface area contributed by atoms with Crippen LogP contribution in [0.5, 0.6) is 17.2 Å². The normalized spacial score (nSPS) is 10.8. The van der Waals surface area contributed by atoms with Crippen molar-refractivity contribution in [1.82, 2.24) is 0 Å². The van der Waals surface area contributed by atoms with Gasteiger partial charge in [0.1, 0.15) is 24.0 Å². The van der Waals surface area contributed by atoms with Crippen LogP contribution in [0.1, 0.15) is 11.1 Å². The minimum atomic E-state index is -0.529. The zero-order valence-corrected chi connectivity index (χ0v) is 20.2. The number of amides is 1. The fraction of sp³-hybridized carbons (Fsp3) is 0.120. The molecule has 0 saturated carbocycles. The molecule has 0 saturated heterocycles. The Hall–Kier alpha value is -3.47. The molecule has 8 heteroatoms. The van der Waals surface area contributed by atoms with Crippen molar-refractivity contribution in [2.24, 2.45) is 0 Å². The highest BCUT2D eigenvalue weighted by Gasteiger charge is 2.14. The van der Waals surface area contributed by atoms with Crippen molar-refractivity contribution in [3.8, 4) is 23.3 Å². The first-order valence-electron chi connectivity index (χ1n) is 9.75. The molecule has 168 valence electrons. The lowest BCUT2D eigenvalue weighted by Gasteiger charge is -2.14. The number of halogens is 2. The minimum absolute atomic E-state index is 0.0626. The van der Waals surface area contributed by atoms with Crippen LogP contribution in [-0.4, -0.2) is 20.1 Å². The second-order valence-electron chi connectivity index (χ2n) is 6.81. The Morgan fingerprint density at radius 1 is 1.12 bits per heavy atom. The second-order valence-corrected chi connectivity index (χ2v) is 8.10. The van der Waals surface area contributed by atoms with Gasteiger partial charge in [0.25, 0.3) is 5.91 Å². The maximum atomic E-state index is 12.6. The molecular formula is C25H20BrClN2O4. The Morgan fingerprint density at radius 2 is 1.88 bits per heavy atom. The molecule has 0 unspecified atom stereocenters. The van der Waals surface area contributed by atoms with E-state index in [1.165, 1.54) is 13.2 Å². The van der Waals surface area contributed by atoms with E-state index in [1.54, 1.807) is 49.6 Å². The van der Waals surface area contributed by atoms with Crippen molar-refractivity contribution in [3.63, 3.8) is 0 Å². The van der Waals surface area contributed by atoms with Crippen LogP contribution in [0.2, 0.25) is 5.02 Å². The summed E-state index contributed by atoms with van der Waals surface area (Å²) in [7, 11) is 3.08. The Bertz CT molecular complexity index is 1220. The highest BCUT2D eigenvalue weighted by Crippen LogP contribution is 2.38. The van der Waals surface area contributed by atoms with Crippen LogP contribution in [-0.2, 0) is 11.4 Å². The standard InChI is InChI=1S/C25H20BrClN2O4/c1-31-21-8-6-20(7-9-21)29-25(30)18(14-28)10-17-12-22(26)24(23(13-17)32-2)33-15-16-4-3-5-19(27)11-16/h3-13H,15H2,1-2H3,(H,29,30)/b18-10+. The number of hydrogen-bond donors (Lipinski definition) is 1. The van der Waals surface area contributed by atoms with Gasteiger partial charge in [-0.25, -0.2) is 0 Å². The molecule has 0 aromatic heterocycles. The average Bonchev–Trinajstić information content (AvgIpc) is 2.82. The lowest BCUT2D eigenvalue weighted by Crippen LogP contribution is -2.13. The van der Waals surface area contributed by atoms with Gasteiger partial charge in [0.2, 0.25) is 0 Å². The average molecular weight is 528 g/mol. The molecule has 3 aromatic carbocycles. The van der Waals surface area contributed by atoms with E-state index in [4.69, 9.17) is 25.8 Å². The smallest absolute Gasteiger partial charge is 0.266 e. The van der Waals surface area contributed by atoms with Gasteiger partial charge in [0, 0.05) is 10.7 Å². The monoisotopic (exact) mass is 526 g/mol. The number of nitrogens with one attached hydrogen (secondary N) is 1. The molecule has 3 aromatic rings. The molecule has 0 spiro atoms. The Balaban J connectivity index is 1.79. The number of anilines is 1. The van der Waals surface area contributed by atoms with E-state index in [9.17, 15) is 10.1 Å². The summed E-state index contributed by atoms with van der Waals surface area (Å²) in [5, 5.41) is 12.8. The SMILES string of the molecule is COc1ccc(NC(=O)/C(C#N)=C/c2cc(Br)c(OCc3cccc(Cl)c3)c(OC)c2)cc1. The summed E-state index contributed by atoms with van der Waals surface area (Å²) in [6.07, 6.45) is 1.48. The van der Waals surface area contributed by atoms with Crippen molar-refractivity contribution in [2.75, 3.05) is 19.5 Å². The molecule has 6 nitrogen and oxygen atoms in total. The largest absolute Gasteiger partial charge is 0.497 e. The summed E-state index contributed by atoms with van der Waals surface area (Å²) >= 11 is 9.52. The molecule has 1 amide bonds. The van der Waals surface area contributed by atoms with Crippen LogP contribution in [0.4, 0.5) is 5.69 Å². The van der Waals surface area contributed by atoms with Gasteiger partial charge >= 0.3 is 0 Å². The number of rotatable bonds is 8. The maximum absolute atomic E-state index is 12.6. The van der Waals surface area contributed by atoms with E-state index in [0.29, 0.717) is 44.6 Å². The third-order valence-electron chi connectivity index (χ3n) is 4.55. The van der Waals surface area contributed by atoms with Gasteiger partial charge in [-0.05, 0) is 81.7 Å². The first kappa shape index (κ1) is 24.2. The number of methoxy groups -OCH3 is 2. The van der Waals surface area contributed by atoms with E-state index < -0.39 is 5.91 Å². The lowest BCUT2D eigenvalue weighted by atomic mass is 10.1. The van der Waals surface area contributed by atoms with E-state index >= 15 is 0 Å². The van der Waals surface area contributed by atoms with Gasteiger partial charge in [0.15, 0.2) is 11.5 Å². The third-order valence-corrected chi connectivity index (χ3v) is 5.37. The zero-order chi connectivity index (χ0) is 23.8. The molecule has 0 heterocycles. The van der Waals surface area contributed by atoms with Crippen molar-refractivity contribution in [3.05, 3.63) is 86.9 Å². The number of benzene rings is 3. The molecule has 0 fully saturated rings. The molecule has 33 heavy (non-hydrogen) atoms. The van der Waals surface area contributed by atoms with Crippen molar-refractivity contribution < 1.29 is 19.0 Å². The molecular weight excluding hydrogens is 508 g/mol. The Morgan fingerprint density at radius 3 is 2.52 bits per heavy atom. The van der Waals surface area contributed by atoms with Crippen LogP contribution in [0, 0.1) is 11.3 Å². The fourth-order valence-corrected chi connectivity index (χ4v) is 3.72. The first-order valence-corrected chi connectivity index (χ1v) is 10.9. The number of carbonyl (C=O) groups excluding carboxylic acids is 1. The fourth-order valence-electron chi connectivity index (χ4n) is 2.93. The van der Waals surface area contributed by atoms with Gasteiger partial charge < -0.3 is 19.5 Å². The predicted octanol–water partition coefficient (Wildman–Crippen LogP) is 6.24. The van der Waals surface area contributed by atoms with Gasteiger partial charge in [0.05, 0.1) is 18.7 Å². The highest BCUT2D eigenvalue weighted by molar-refractivity contribution is 9.10. The molecule has 3 rings (SSSR count). The summed E-state index contributed by atoms with van der Waals surface area (Å²) in [4.78, 5) is 12.6. The predicted molar refractivity (Wildman–Crippen MR) is 132 cm³/mol. The van der Waals surface area contributed by atoms with E-state index in [0.717, 1.165) is 5.56 Å². The molecule has 0 bridgehead atoms. The summed E-state index contributed by atoms with van der Waals surface area (Å²) in [5.41, 5.74) is 1.98. The van der Waals surface area contributed by atoms with E-state index in [-0.39, 0.29) is 5.57 Å². The zero-order valence-electron chi connectivity index (χ0n) is 17.9. The number of nitriles is 1. The van der Waals surface area contributed by atoms with Crippen LogP contribution in [0.3, 0.4) is 0 Å². The van der Waals surface area contributed by atoms with Crippen molar-refractivity contribution in [2.45, 2.75) is 6.61 Å². The molecule has 0 aliphatic rings. The van der Waals surface area contributed by atoms with Gasteiger partial charge in [-0.2, -0.15) is 5.26 Å². The first-order chi connectivity index (χ1) is 15.9. The van der Waals surface area contributed by atoms with Crippen LogP contribution in [0.25, 0.3) is 6.08 Å². The highest BCUT2D eigenvalue weighted by atomic mass is 79.9.